The highest BCUT2D eigenvalue weighted by molar-refractivity contribution is 7.12. The molecule has 3 aromatic rings. The van der Waals surface area contributed by atoms with Crippen LogP contribution in [0.2, 0.25) is 0 Å². The van der Waals surface area contributed by atoms with Gasteiger partial charge in [-0.3, -0.25) is 0 Å². The van der Waals surface area contributed by atoms with Crippen LogP contribution in [0.3, 0.4) is 0 Å². The van der Waals surface area contributed by atoms with Crippen LogP contribution in [-0.2, 0) is 0 Å². The molecule has 0 amide bonds. The Morgan fingerprint density at radius 2 is 1.94 bits per heavy atom. The van der Waals surface area contributed by atoms with E-state index in [1.807, 2.05) is 12.1 Å². The number of hydrogen-bond donors (Lipinski definition) is 1. The van der Waals surface area contributed by atoms with Gasteiger partial charge >= 0.3 is 0 Å². The summed E-state index contributed by atoms with van der Waals surface area (Å²) in [5.41, 5.74) is 8.38. The molecule has 0 aliphatic heterocycles. The lowest BCUT2D eigenvalue weighted by Gasteiger charge is -2.04. The molecule has 18 heavy (non-hydrogen) atoms. The molecule has 0 fully saturated rings. The molecule has 0 saturated heterocycles. The van der Waals surface area contributed by atoms with Crippen molar-refractivity contribution < 1.29 is 4.42 Å². The minimum absolute atomic E-state index is 0.170. The second-order valence-corrected chi connectivity index (χ2v) is 5.94. The Labute approximate surface area is 110 Å². The number of thiophene rings is 1. The molecule has 1 unspecified atom stereocenters. The largest absolute Gasteiger partial charge is 0.459 e. The zero-order valence-electron chi connectivity index (χ0n) is 10.4. The standard InChI is InChI=1S/C15H15NOS/c1-9-3-5-12-11(7-9)8-13(17-12)15(16)14-6-4-10(2)18-14/h3-8,15H,16H2,1-2H3. The van der Waals surface area contributed by atoms with E-state index in [0.717, 1.165) is 21.6 Å². The van der Waals surface area contributed by atoms with Gasteiger partial charge in [0.2, 0.25) is 0 Å². The van der Waals surface area contributed by atoms with Crippen molar-refractivity contribution in [3.8, 4) is 0 Å². The Hall–Kier alpha value is -1.58. The SMILES string of the molecule is Cc1ccc2oc(C(N)c3ccc(C)s3)cc2c1. The predicted octanol–water partition coefficient (Wildman–Crippen LogP) is 4.16. The number of aryl methyl sites for hydroxylation is 2. The molecule has 0 bridgehead atoms. The van der Waals surface area contributed by atoms with Gasteiger partial charge < -0.3 is 10.2 Å². The van der Waals surface area contributed by atoms with Gasteiger partial charge in [-0.05, 0) is 44.2 Å². The lowest BCUT2D eigenvalue weighted by Crippen LogP contribution is -2.08. The number of nitrogens with two attached hydrogens (primary N) is 1. The van der Waals surface area contributed by atoms with Gasteiger partial charge in [0.05, 0.1) is 6.04 Å². The Balaban J connectivity index is 2.03. The van der Waals surface area contributed by atoms with Gasteiger partial charge in [0, 0.05) is 15.1 Å². The summed E-state index contributed by atoms with van der Waals surface area (Å²) in [6.45, 7) is 4.16. The molecule has 0 saturated carbocycles. The maximum Gasteiger partial charge on any atom is 0.134 e. The molecule has 2 nitrogen and oxygen atoms in total. The van der Waals surface area contributed by atoms with Gasteiger partial charge in [-0.1, -0.05) is 11.6 Å². The van der Waals surface area contributed by atoms with E-state index < -0.39 is 0 Å². The summed E-state index contributed by atoms with van der Waals surface area (Å²) in [7, 11) is 0. The normalized spacial score (nSPS) is 13.1. The maximum atomic E-state index is 6.25. The first-order valence-corrected chi connectivity index (χ1v) is 6.77. The van der Waals surface area contributed by atoms with Crippen LogP contribution in [0.15, 0.2) is 40.8 Å². The van der Waals surface area contributed by atoms with E-state index in [0.29, 0.717) is 0 Å². The molecule has 0 aliphatic rings. The Kier molecular flexibility index (Phi) is 2.73. The second-order valence-electron chi connectivity index (χ2n) is 4.62. The van der Waals surface area contributed by atoms with E-state index in [1.54, 1.807) is 11.3 Å². The Bertz CT molecular complexity index is 695. The van der Waals surface area contributed by atoms with Gasteiger partial charge in [-0.2, -0.15) is 0 Å². The zero-order valence-corrected chi connectivity index (χ0v) is 11.3. The van der Waals surface area contributed by atoms with Gasteiger partial charge in [-0.15, -0.1) is 11.3 Å². The average molecular weight is 257 g/mol. The molecular weight excluding hydrogens is 242 g/mol. The van der Waals surface area contributed by atoms with Crippen molar-refractivity contribution in [3.63, 3.8) is 0 Å². The molecule has 2 heterocycles. The Morgan fingerprint density at radius 1 is 1.11 bits per heavy atom. The number of furan rings is 1. The lowest BCUT2D eigenvalue weighted by molar-refractivity contribution is 0.528. The summed E-state index contributed by atoms with van der Waals surface area (Å²) in [6.07, 6.45) is 0. The van der Waals surface area contributed by atoms with Crippen molar-refractivity contribution in [2.24, 2.45) is 5.73 Å². The second kappa shape index (κ2) is 4.26. The monoisotopic (exact) mass is 257 g/mol. The van der Waals surface area contributed by atoms with E-state index in [-0.39, 0.29) is 6.04 Å². The minimum atomic E-state index is -0.170. The first-order valence-electron chi connectivity index (χ1n) is 5.95. The van der Waals surface area contributed by atoms with Crippen LogP contribution >= 0.6 is 11.3 Å². The molecule has 2 N–H and O–H groups in total. The molecule has 0 radical (unpaired) electrons. The highest BCUT2D eigenvalue weighted by Gasteiger charge is 2.15. The van der Waals surface area contributed by atoms with E-state index in [4.69, 9.17) is 10.2 Å². The highest BCUT2D eigenvalue weighted by atomic mass is 32.1. The molecule has 1 atom stereocenters. The topological polar surface area (TPSA) is 39.2 Å². The molecule has 3 rings (SSSR count). The molecule has 92 valence electrons. The van der Waals surface area contributed by atoms with Crippen molar-refractivity contribution in [1.82, 2.24) is 0 Å². The summed E-state index contributed by atoms with van der Waals surface area (Å²) >= 11 is 1.72. The fourth-order valence-corrected chi connectivity index (χ4v) is 2.98. The molecule has 2 aromatic heterocycles. The average Bonchev–Trinajstić information content (AvgIpc) is 2.93. The van der Waals surface area contributed by atoms with E-state index in [2.05, 4.69) is 38.1 Å². The zero-order chi connectivity index (χ0) is 12.7. The Morgan fingerprint density at radius 3 is 2.67 bits per heavy atom. The van der Waals surface area contributed by atoms with E-state index in [9.17, 15) is 0 Å². The van der Waals surface area contributed by atoms with Crippen LogP contribution in [0.25, 0.3) is 11.0 Å². The van der Waals surface area contributed by atoms with Crippen molar-refractivity contribution in [1.29, 1.82) is 0 Å². The van der Waals surface area contributed by atoms with Crippen molar-refractivity contribution in [2.45, 2.75) is 19.9 Å². The number of benzene rings is 1. The molecule has 3 heteroatoms. The van der Waals surface area contributed by atoms with Gasteiger partial charge in [0.15, 0.2) is 0 Å². The third-order valence-corrected chi connectivity index (χ3v) is 4.15. The first kappa shape index (κ1) is 11.5. The summed E-state index contributed by atoms with van der Waals surface area (Å²) in [4.78, 5) is 2.41. The predicted molar refractivity (Wildman–Crippen MR) is 76.0 cm³/mol. The van der Waals surface area contributed by atoms with Crippen LogP contribution in [0.4, 0.5) is 0 Å². The molecular formula is C15H15NOS. The van der Waals surface area contributed by atoms with Crippen molar-refractivity contribution >= 4 is 22.3 Å². The summed E-state index contributed by atoms with van der Waals surface area (Å²) in [5, 5.41) is 1.12. The number of fused-ring (bicyclic) bond motifs is 1. The molecule has 0 aliphatic carbocycles. The summed E-state index contributed by atoms with van der Waals surface area (Å²) < 4.78 is 5.83. The number of hydrogen-bond acceptors (Lipinski definition) is 3. The van der Waals surface area contributed by atoms with Crippen LogP contribution in [0.5, 0.6) is 0 Å². The van der Waals surface area contributed by atoms with Crippen LogP contribution in [-0.4, -0.2) is 0 Å². The van der Waals surface area contributed by atoms with Crippen molar-refractivity contribution in [2.75, 3.05) is 0 Å². The number of rotatable bonds is 2. The lowest BCUT2D eigenvalue weighted by atomic mass is 10.1. The summed E-state index contributed by atoms with van der Waals surface area (Å²) in [5.74, 6) is 0.831. The third kappa shape index (κ3) is 1.96. The van der Waals surface area contributed by atoms with Gasteiger partial charge in [-0.25, -0.2) is 0 Å². The van der Waals surface area contributed by atoms with Crippen LogP contribution < -0.4 is 5.73 Å². The minimum Gasteiger partial charge on any atom is -0.459 e. The fraction of sp³-hybridized carbons (Fsp3) is 0.200. The highest BCUT2D eigenvalue weighted by Crippen LogP contribution is 2.30. The molecule has 1 aromatic carbocycles. The maximum absolute atomic E-state index is 6.25. The third-order valence-electron chi connectivity index (χ3n) is 3.07. The van der Waals surface area contributed by atoms with Gasteiger partial charge in [0.25, 0.3) is 0 Å². The fourth-order valence-electron chi connectivity index (χ4n) is 2.10. The summed E-state index contributed by atoms with van der Waals surface area (Å²) in [6, 6.07) is 12.2. The first-order chi connectivity index (χ1) is 8.63. The van der Waals surface area contributed by atoms with E-state index >= 15 is 0 Å². The van der Waals surface area contributed by atoms with E-state index in [1.165, 1.54) is 10.4 Å². The quantitative estimate of drug-likeness (QED) is 0.748. The smallest absolute Gasteiger partial charge is 0.134 e. The van der Waals surface area contributed by atoms with Crippen LogP contribution in [0.1, 0.15) is 27.1 Å². The van der Waals surface area contributed by atoms with Crippen molar-refractivity contribution in [3.05, 3.63) is 57.5 Å². The van der Waals surface area contributed by atoms with Crippen LogP contribution in [0, 0.1) is 13.8 Å². The van der Waals surface area contributed by atoms with Gasteiger partial charge in [0.1, 0.15) is 11.3 Å². The molecule has 0 spiro atoms.